The molecule has 3 N–H and O–H groups in total. The number of rotatable bonds is 5. The van der Waals surface area contributed by atoms with E-state index in [-0.39, 0.29) is 6.03 Å². The highest BCUT2D eigenvalue weighted by atomic mass is 16.3. The zero-order valence-corrected chi connectivity index (χ0v) is 13.0. The number of nitrogens with zero attached hydrogens (tertiary/aromatic N) is 2. The number of aliphatic hydroxyl groups is 1. The number of aromatic nitrogens is 2. The topological polar surface area (TPSA) is 79.2 Å². The van der Waals surface area contributed by atoms with Crippen LogP contribution in [0.1, 0.15) is 31.2 Å². The molecule has 6 heteroatoms. The zero-order chi connectivity index (χ0) is 16.1. The Morgan fingerprint density at radius 1 is 1.26 bits per heavy atom. The smallest absolute Gasteiger partial charge is 0.319 e. The van der Waals surface area contributed by atoms with Crippen LogP contribution in [0.4, 0.5) is 10.5 Å². The summed E-state index contributed by atoms with van der Waals surface area (Å²) in [6.45, 7) is 1.00. The Labute approximate surface area is 135 Å². The summed E-state index contributed by atoms with van der Waals surface area (Å²) in [5, 5.41) is 19.9. The molecule has 0 aliphatic heterocycles. The summed E-state index contributed by atoms with van der Waals surface area (Å²) in [5.41, 5.74) is 1.11. The highest BCUT2D eigenvalue weighted by molar-refractivity contribution is 5.89. The summed E-state index contributed by atoms with van der Waals surface area (Å²) in [4.78, 5) is 11.9. The monoisotopic (exact) mass is 314 g/mol. The van der Waals surface area contributed by atoms with E-state index in [0.29, 0.717) is 13.1 Å². The van der Waals surface area contributed by atoms with Gasteiger partial charge in [-0.2, -0.15) is 5.10 Å². The molecule has 1 heterocycles. The summed E-state index contributed by atoms with van der Waals surface area (Å²) >= 11 is 0. The largest absolute Gasteiger partial charge is 0.388 e. The second kappa shape index (κ2) is 6.83. The van der Waals surface area contributed by atoms with Gasteiger partial charge < -0.3 is 15.7 Å². The van der Waals surface area contributed by atoms with E-state index >= 15 is 0 Å². The molecule has 1 aromatic carbocycles. The van der Waals surface area contributed by atoms with Crippen molar-refractivity contribution in [3.8, 4) is 0 Å². The van der Waals surface area contributed by atoms with Crippen molar-refractivity contribution >= 4 is 11.7 Å². The van der Waals surface area contributed by atoms with Gasteiger partial charge in [0, 0.05) is 24.6 Å². The number of amides is 2. The fourth-order valence-corrected chi connectivity index (χ4v) is 2.90. The number of carbonyl (C=O) groups is 1. The van der Waals surface area contributed by atoms with Crippen LogP contribution < -0.4 is 10.6 Å². The van der Waals surface area contributed by atoms with Gasteiger partial charge in [0.05, 0.1) is 12.1 Å². The number of hydrogen-bond acceptors (Lipinski definition) is 3. The Morgan fingerprint density at radius 2 is 2.00 bits per heavy atom. The number of nitrogens with one attached hydrogen (secondary N) is 2. The van der Waals surface area contributed by atoms with Crippen molar-refractivity contribution in [1.29, 1.82) is 0 Å². The van der Waals surface area contributed by atoms with E-state index in [1.165, 1.54) is 0 Å². The maximum Gasteiger partial charge on any atom is 0.319 e. The molecule has 6 nitrogen and oxygen atoms in total. The van der Waals surface area contributed by atoms with Crippen molar-refractivity contribution in [2.75, 3.05) is 11.9 Å². The van der Waals surface area contributed by atoms with Crippen LogP contribution >= 0.6 is 0 Å². The van der Waals surface area contributed by atoms with Crippen LogP contribution in [0.5, 0.6) is 0 Å². The lowest BCUT2D eigenvalue weighted by Crippen LogP contribution is -2.42. The Hall–Kier alpha value is -2.34. The molecule has 1 aliphatic rings. The third-order valence-electron chi connectivity index (χ3n) is 4.23. The second-order valence-corrected chi connectivity index (χ2v) is 6.14. The third kappa shape index (κ3) is 4.32. The molecule has 0 bridgehead atoms. The van der Waals surface area contributed by atoms with Crippen LogP contribution in [0.2, 0.25) is 0 Å². The highest BCUT2D eigenvalue weighted by Gasteiger charge is 2.31. The van der Waals surface area contributed by atoms with Gasteiger partial charge in [-0.05, 0) is 36.6 Å². The molecule has 2 amide bonds. The molecule has 0 radical (unpaired) electrons. The van der Waals surface area contributed by atoms with Crippen molar-refractivity contribution < 1.29 is 9.90 Å². The Kier molecular flexibility index (Phi) is 4.62. The van der Waals surface area contributed by atoms with E-state index in [2.05, 4.69) is 15.7 Å². The molecule has 23 heavy (non-hydrogen) atoms. The van der Waals surface area contributed by atoms with Crippen molar-refractivity contribution in [2.24, 2.45) is 0 Å². The highest BCUT2D eigenvalue weighted by Crippen LogP contribution is 2.28. The molecular weight excluding hydrogens is 292 g/mol. The summed E-state index contributed by atoms with van der Waals surface area (Å²) in [6, 6.07) is 9.25. The number of urea groups is 1. The Morgan fingerprint density at radius 3 is 2.65 bits per heavy atom. The molecule has 0 spiro atoms. The molecule has 1 fully saturated rings. The van der Waals surface area contributed by atoms with E-state index in [9.17, 15) is 9.90 Å². The van der Waals surface area contributed by atoms with Crippen LogP contribution in [0, 0.1) is 0 Å². The fourth-order valence-electron chi connectivity index (χ4n) is 2.90. The van der Waals surface area contributed by atoms with E-state index < -0.39 is 5.60 Å². The van der Waals surface area contributed by atoms with Gasteiger partial charge in [-0.15, -0.1) is 0 Å². The summed E-state index contributed by atoms with van der Waals surface area (Å²) in [5.74, 6) is 0. The third-order valence-corrected chi connectivity index (χ3v) is 4.23. The second-order valence-electron chi connectivity index (χ2n) is 6.14. The zero-order valence-electron chi connectivity index (χ0n) is 13.0. The summed E-state index contributed by atoms with van der Waals surface area (Å²) in [6.07, 6.45) is 7.23. The maximum atomic E-state index is 11.9. The van der Waals surface area contributed by atoms with Crippen LogP contribution in [-0.2, 0) is 6.54 Å². The minimum Gasteiger partial charge on any atom is -0.388 e. The number of hydrogen-bond donors (Lipinski definition) is 3. The van der Waals surface area contributed by atoms with E-state index in [1.807, 2.05) is 41.2 Å². The van der Waals surface area contributed by atoms with E-state index in [4.69, 9.17) is 0 Å². The molecule has 0 atom stereocenters. The molecule has 3 rings (SSSR count). The van der Waals surface area contributed by atoms with Gasteiger partial charge in [0.25, 0.3) is 0 Å². The number of carbonyl (C=O) groups excluding carboxylic acids is 1. The van der Waals surface area contributed by atoms with Crippen molar-refractivity contribution in [2.45, 2.75) is 37.8 Å². The lowest BCUT2D eigenvalue weighted by Gasteiger charge is -2.22. The lowest BCUT2D eigenvalue weighted by atomic mass is 10.0. The maximum absolute atomic E-state index is 11.9. The van der Waals surface area contributed by atoms with Crippen molar-refractivity contribution in [1.82, 2.24) is 15.1 Å². The van der Waals surface area contributed by atoms with Crippen LogP contribution in [-0.4, -0.2) is 33.1 Å². The molecule has 1 saturated carbocycles. The van der Waals surface area contributed by atoms with Crippen LogP contribution in [0.25, 0.3) is 0 Å². The van der Waals surface area contributed by atoms with E-state index in [0.717, 1.165) is 36.9 Å². The van der Waals surface area contributed by atoms with Gasteiger partial charge in [-0.3, -0.25) is 4.68 Å². The molecule has 1 aliphatic carbocycles. The van der Waals surface area contributed by atoms with Gasteiger partial charge in [-0.1, -0.05) is 25.0 Å². The first-order chi connectivity index (χ1) is 11.1. The SMILES string of the molecule is O=C(NCC1(O)CCCC1)Nc1ccc(Cn2cccn2)cc1. The molecule has 2 aromatic rings. The molecule has 122 valence electrons. The first-order valence-corrected chi connectivity index (χ1v) is 7.97. The molecular formula is C17H22N4O2. The standard InChI is InChI=1S/C17H22N4O2/c22-16(18-13-17(23)8-1-2-9-17)20-15-6-4-14(5-7-15)12-21-11-3-10-19-21/h3-7,10-11,23H,1-2,8-9,12-13H2,(H2,18,20,22). The van der Waals surface area contributed by atoms with Crippen LogP contribution in [0.15, 0.2) is 42.7 Å². The van der Waals surface area contributed by atoms with Gasteiger partial charge in [0.2, 0.25) is 0 Å². The van der Waals surface area contributed by atoms with Crippen molar-refractivity contribution in [3.05, 3.63) is 48.3 Å². The predicted molar refractivity (Wildman–Crippen MR) is 88.2 cm³/mol. The first-order valence-electron chi connectivity index (χ1n) is 7.97. The number of benzene rings is 1. The quantitative estimate of drug-likeness (QED) is 0.792. The van der Waals surface area contributed by atoms with Crippen molar-refractivity contribution in [3.63, 3.8) is 0 Å². The Balaban J connectivity index is 1.48. The van der Waals surface area contributed by atoms with Gasteiger partial charge in [0.15, 0.2) is 0 Å². The molecule has 0 unspecified atom stereocenters. The normalized spacial score (nSPS) is 16.2. The van der Waals surface area contributed by atoms with Gasteiger partial charge in [-0.25, -0.2) is 4.79 Å². The Bertz CT molecular complexity index is 631. The molecule has 1 aromatic heterocycles. The average molecular weight is 314 g/mol. The fraction of sp³-hybridized carbons (Fsp3) is 0.412. The minimum atomic E-state index is -0.731. The van der Waals surface area contributed by atoms with Gasteiger partial charge in [0.1, 0.15) is 0 Å². The number of anilines is 1. The molecule has 0 saturated heterocycles. The van der Waals surface area contributed by atoms with Gasteiger partial charge >= 0.3 is 6.03 Å². The first kappa shape index (κ1) is 15.6. The summed E-state index contributed by atoms with van der Waals surface area (Å²) in [7, 11) is 0. The summed E-state index contributed by atoms with van der Waals surface area (Å²) < 4.78 is 1.84. The van der Waals surface area contributed by atoms with Crippen LogP contribution in [0.3, 0.4) is 0 Å². The van der Waals surface area contributed by atoms with E-state index in [1.54, 1.807) is 6.20 Å². The lowest BCUT2D eigenvalue weighted by molar-refractivity contribution is 0.0506. The predicted octanol–water partition coefficient (Wildman–Crippen LogP) is 2.36. The minimum absolute atomic E-state index is 0.287. The average Bonchev–Trinajstić information content (AvgIpc) is 3.20.